The fourth-order valence-electron chi connectivity index (χ4n) is 1.23. The molecule has 1 aromatic heterocycles. The van der Waals surface area contributed by atoms with Crippen LogP contribution in [0.3, 0.4) is 0 Å². The first kappa shape index (κ1) is 9.51. The molecule has 15 heavy (non-hydrogen) atoms. The number of nitrogens with zero attached hydrogens (tertiary/aromatic N) is 2. The van der Waals surface area contributed by atoms with Gasteiger partial charge in [-0.3, -0.25) is 5.32 Å². The van der Waals surface area contributed by atoms with Gasteiger partial charge in [-0.2, -0.15) is 0 Å². The first-order valence-corrected chi connectivity index (χ1v) is 4.60. The lowest BCUT2D eigenvalue weighted by Gasteiger charge is -2.09. The van der Waals surface area contributed by atoms with Crippen LogP contribution < -0.4 is 5.32 Å². The molecule has 2 aromatic rings. The predicted octanol–water partition coefficient (Wildman–Crippen LogP) is 1.66. The van der Waals surface area contributed by atoms with Crippen LogP contribution in [0.4, 0.5) is 10.7 Å². The van der Waals surface area contributed by atoms with Crippen molar-refractivity contribution in [2.45, 2.75) is 0 Å². The molecule has 0 radical (unpaired) electrons. The molecule has 0 saturated heterocycles. The van der Waals surface area contributed by atoms with Crippen molar-refractivity contribution in [1.82, 2.24) is 14.9 Å². The van der Waals surface area contributed by atoms with E-state index < -0.39 is 0 Å². The van der Waals surface area contributed by atoms with Crippen LogP contribution in [0.15, 0.2) is 24.3 Å². The Kier molecular flexibility index (Phi) is 2.29. The fraction of sp³-hybridized carbons (Fsp3) is 0.200. The van der Waals surface area contributed by atoms with Crippen LogP contribution in [-0.2, 0) is 0 Å². The normalized spacial score (nSPS) is 10.3. The van der Waals surface area contributed by atoms with Crippen LogP contribution in [0.5, 0.6) is 0 Å². The van der Waals surface area contributed by atoms with E-state index in [0.717, 1.165) is 11.0 Å². The summed E-state index contributed by atoms with van der Waals surface area (Å²) in [6.45, 7) is 0. The smallest absolute Gasteiger partial charge is 0.323 e. The number of urea groups is 1. The summed E-state index contributed by atoms with van der Waals surface area (Å²) in [6, 6.07) is 7.41. The standard InChI is InChI=1S/C10H12N4O/c1-14(2)10(15)13-9-11-7-5-3-4-6-8(7)12-9/h3-6H,1-2H3,(H2,11,12,13,15). The van der Waals surface area contributed by atoms with Crippen LogP contribution in [0.2, 0.25) is 0 Å². The van der Waals surface area contributed by atoms with Gasteiger partial charge in [0.25, 0.3) is 0 Å². The van der Waals surface area contributed by atoms with E-state index in [1.54, 1.807) is 14.1 Å². The number of benzene rings is 1. The summed E-state index contributed by atoms with van der Waals surface area (Å²) >= 11 is 0. The summed E-state index contributed by atoms with van der Waals surface area (Å²) in [5.41, 5.74) is 1.75. The molecule has 1 heterocycles. The molecule has 0 aliphatic carbocycles. The van der Waals surface area contributed by atoms with E-state index in [9.17, 15) is 4.79 Å². The molecule has 2 rings (SSSR count). The lowest BCUT2D eigenvalue weighted by molar-refractivity contribution is 0.230. The minimum Gasteiger partial charge on any atom is -0.331 e. The van der Waals surface area contributed by atoms with Crippen molar-refractivity contribution >= 4 is 23.0 Å². The zero-order valence-electron chi connectivity index (χ0n) is 8.61. The Hall–Kier alpha value is -2.04. The van der Waals surface area contributed by atoms with Crippen LogP contribution in [0.25, 0.3) is 11.0 Å². The molecule has 0 saturated carbocycles. The number of anilines is 1. The van der Waals surface area contributed by atoms with Crippen molar-refractivity contribution in [3.8, 4) is 0 Å². The molecule has 5 nitrogen and oxygen atoms in total. The third-order valence-electron chi connectivity index (χ3n) is 2.02. The Morgan fingerprint density at radius 2 is 2.13 bits per heavy atom. The van der Waals surface area contributed by atoms with Gasteiger partial charge in [0.05, 0.1) is 11.0 Å². The van der Waals surface area contributed by atoms with E-state index in [4.69, 9.17) is 0 Å². The molecule has 0 aliphatic heterocycles. The van der Waals surface area contributed by atoms with Crippen LogP contribution in [0, 0.1) is 0 Å². The number of rotatable bonds is 1. The largest absolute Gasteiger partial charge is 0.331 e. The van der Waals surface area contributed by atoms with E-state index in [1.807, 2.05) is 24.3 Å². The van der Waals surface area contributed by atoms with Crippen LogP contribution >= 0.6 is 0 Å². The van der Waals surface area contributed by atoms with Gasteiger partial charge < -0.3 is 9.88 Å². The van der Waals surface area contributed by atoms with Gasteiger partial charge in [0.1, 0.15) is 0 Å². The molecule has 0 unspecified atom stereocenters. The van der Waals surface area contributed by atoms with E-state index >= 15 is 0 Å². The average molecular weight is 204 g/mol. The van der Waals surface area contributed by atoms with Crippen molar-refractivity contribution in [2.24, 2.45) is 0 Å². The maximum atomic E-state index is 11.3. The average Bonchev–Trinajstić information content (AvgIpc) is 2.59. The third-order valence-corrected chi connectivity index (χ3v) is 2.02. The van der Waals surface area contributed by atoms with Crippen molar-refractivity contribution in [3.05, 3.63) is 24.3 Å². The summed E-state index contributed by atoms with van der Waals surface area (Å²) in [5.74, 6) is 0.468. The van der Waals surface area contributed by atoms with Crippen molar-refractivity contribution < 1.29 is 4.79 Å². The molecule has 0 fully saturated rings. The predicted molar refractivity (Wildman–Crippen MR) is 58.8 cm³/mol. The highest BCUT2D eigenvalue weighted by molar-refractivity contribution is 5.89. The zero-order valence-corrected chi connectivity index (χ0v) is 8.61. The van der Waals surface area contributed by atoms with Crippen LogP contribution in [0.1, 0.15) is 0 Å². The molecular formula is C10H12N4O. The molecule has 0 atom stereocenters. The second-order valence-electron chi connectivity index (χ2n) is 3.43. The van der Waals surface area contributed by atoms with Gasteiger partial charge in [-0.05, 0) is 12.1 Å². The number of aromatic nitrogens is 2. The zero-order chi connectivity index (χ0) is 10.8. The number of carbonyl (C=O) groups excluding carboxylic acids is 1. The summed E-state index contributed by atoms with van der Waals surface area (Å²) < 4.78 is 0. The number of para-hydroxylation sites is 2. The topological polar surface area (TPSA) is 61.0 Å². The van der Waals surface area contributed by atoms with Gasteiger partial charge in [0.2, 0.25) is 5.95 Å². The molecular weight excluding hydrogens is 192 g/mol. The number of nitrogens with one attached hydrogen (secondary N) is 2. The summed E-state index contributed by atoms with van der Waals surface area (Å²) in [5, 5.41) is 2.65. The second-order valence-corrected chi connectivity index (χ2v) is 3.43. The van der Waals surface area contributed by atoms with Gasteiger partial charge in [-0.1, -0.05) is 12.1 Å². The third kappa shape index (κ3) is 1.90. The fourth-order valence-corrected chi connectivity index (χ4v) is 1.23. The van der Waals surface area contributed by atoms with E-state index in [0.29, 0.717) is 5.95 Å². The highest BCUT2D eigenvalue weighted by Gasteiger charge is 2.07. The lowest BCUT2D eigenvalue weighted by atomic mass is 10.3. The quantitative estimate of drug-likeness (QED) is 0.742. The Labute approximate surface area is 87.1 Å². The summed E-state index contributed by atoms with van der Waals surface area (Å²) in [4.78, 5) is 20.0. The number of imidazole rings is 1. The number of amides is 2. The number of carbonyl (C=O) groups is 1. The summed E-state index contributed by atoms with van der Waals surface area (Å²) in [7, 11) is 3.36. The molecule has 78 valence electrons. The monoisotopic (exact) mass is 204 g/mol. The van der Waals surface area contributed by atoms with Gasteiger partial charge in [-0.15, -0.1) is 0 Å². The second kappa shape index (κ2) is 3.61. The minimum atomic E-state index is -0.200. The first-order chi connectivity index (χ1) is 7.16. The van der Waals surface area contributed by atoms with E-state index in [1.165, 1.54) is 4.90 Å². The number of hydrogen-bond donors (Lipinski definition) is 2. The SMILES string of the molecule is CN(C)C(=O)Nc1nc2ccccc2[nH]1. The van der Waals surface area contributed by atoms with Crippen molar-refractivity contribution in [1.29, 1.82) is 0 Å². The van der Waals surface area contributed by atoms with E-state index in [2.05, 4.69) is 15.3 Å². The number of fused-ring (bicyclic) bond motifs is 1. The molecule has 0 spiro atoms. The molecule has 0 aliphatic rings. The minimum absolute atomic E-state index is 0.200. The highest BCUT2D eigenvalue weighted by atomic mass is 16.2. The maximum Gasteiger partial charge on any atom is 0.323 e. The van der Waals surface area contributed by atoms with Gasteiger partial charge >= 0.3 is 6.03 Å². The molecule has 2 amide bonds. The molecule has 5 heteroatoms. The number of H-pyrrole nitrogens is 1. The maximum absolute atomic E-state index is 11.3. The Balaban J connectivity index is 2.26. The lowest BCUT2D eigenvalue weighted by Crippen LogP contribution is -2.27. The van der Waals surface area contributed by atoms with Gasteiger partial charge in [0.15, 0.2) is 0 Å². The number of hydrogen-bond acceptors (Lipinski definition) is 2. The first-order valence-electron chi connectivity index (χ1n) is 4.60. The van der Waals surface area contributed by atoms with Crippen molar-refractivity contribution in [2.75, 3.05) is 19.4 Å². The van der Waals surface area contributed by atoms with Crippen molar-refractivity contribution in [3.63, 3.8) is 0 Å². The summed E-state index contributed by atoms with van der Waals surface area (Å²) in [6.07, 6.45) is 0. The molecule has 2 N–H and O–H groups in total. The molecule has 1 aromatic carbocycles. The Morgan fingerprint density at radius 3 is 2.80 bits per heavy atom. The molecule has 0 bridgehead atoms. The van der Waals surface area contributed by atoms with E-state index in [-0.39, 0.29) is 6.03 Å². The van der Waals surface area contributed by atoms with Gasteiger partial charge in [0, 0.05) is 14.1 Å². The Bertz CT molecular complexity index is 456. The highest BCUT2D eigenvalue weighted by Crippen LogP contribution is 2.13. The number of aromatic amines is 1. The Morgan fingerprint density at radius 1 is 1.40 bits per heavy atom. The van der Waals surface area contributed by atoms with Gasteiger partial charge in [-0.25, -0.2) is 9.78 Å². The van der Waals surface area contributed by atoms with Crippen LogP contribution in [-0.4, -0.2) is 35.0 Å².